The molecule has 0 amide bonds. The van der Waals surface area contributed by atoms with Crippen molar-refractivity contribution in [3.63, 3.8) is 0 Å². The Kier molecular flexibility index (Phi) is 4.08. The van der Waals surface area contributed by atoms with Crippen LogP contribution in [-0.2, 0) is 4.89 Å². The van der Waals surface area contributed by atoms with Gasteiger partial charge in [-0.05, 0) is 30.2 Å². The molecule has 0 saturated carbocycles. The van der Waals surface area contributed by atoms with E-state index >= 15 is 0 Å². The van der Waals surface area contributed by atoms with Crippen molar-refractivity contribution in [3.8, 4) is 6.07 Å². The Hall–Kier alpha value is -2.29. The lowest BCUT2D eigenvalue weighted by Crippen LogP contribution is -2.06. The van der Waals surface area contributed by atoms with Crippen LogP contribution in [0.5, 0.6) is 0 Å². The topological polar surface area (TPSA) is 53.2 Å². The van der Waals surface area contributed by atoms with Crippen molar-refractivity contribution < 1.29 is 18.9 Å². The molecule has 1 unspecified atom stereocenters. The maximum absolute atomic E-state index is 13.6. The molecule has 0 radical (unpaired) electrons. The summed E-state index contributed by atoms with van der Waals surface area (Å²) in [6, 6.07) is 10.3. The minimum atomic E-state index is -1.02. The minimum Gasteiger partial charge on any atom is -0.251 e. The molecule has 0 bridgehead atoms. The largest absolute Gasteiger partial charge is 0.251 e. The summed E-state index contributed by atoms with van der Waals surface area (Å²) in [4.78, 5) is 4.33. The predicted octanol–water partition coefficient (Wildman–Crippen LogP) is 3.72. The van der Waals surface area contributed by atoms with E-state index in [9.17, 15) is 8.78 Å². The van der Waals surface area contributed by atoms with Crippen molar-refractivity contribution in [2.24, 2.45) is 0 Å². The Bertz CT molecular complexity index is 640. The molecule has 1 atom stereocenters. The summed E-state index contributed by atoms with van der Waals surface area (Å²) < 4.78 is 27.2. The molecule has 5 heteroatoms. The first-order valence-corrected chi connectivity index (χ1v) is 5.82. The van der Waals surface area contributed by atoms with Crippen LogP contribution in [0.1, 0.15) is 28.4 Å². The fourth-order valence-corrected chi connectivity index (χ4v) is 1.91. The van der Waals surface area contributed by atoms with Crippen molar-refractivity contribution in [2.45, 2.75) is 13.0 Å². The molecule has 0 saturated heterocycles. The molecule has 0 aliphatic rings. The van der Waals surface area contributed by atoms with E-state index in [2.05, 4.69) is 4.89 Å². The number of aryl methyl sites for hydroxylation is 1. The van der Waals surface area contributed by atoms with Gasteiger partial charge in [-0.1, -0.05) is 29.8 Å². The zero-order chi connectivity index (χ0) is 14.7. The van der Waals surface area contributed by atoms with Crippen LogP contribution >= 0.6 is 0 Å². The molecule has 20 heavy (non-hydrogen) atoms. The fourth-order valence-electron chi connectivity index (χ4n) is 1.91. The fraction of sp³-hybridized carbons (Fsp3) is 0.133. The normalized spacial score (nSPS) is 11.9. The van der Waals surface area contributed by atoms with Gasteiger partial charge in [-0.15, -0.1) is 0 Å². The van der Waals surface area contributed by atoms with Gasteiger partial charge < -0.3 is 0 Å². The third kappa shape index (κ3) is 2.67. The van der Waals surface area contributed by atoms with Gasteiger partial charge in [0, 0.05) is 0 Å². The van der Waals surface area contributed by atoms with Gasteiger partial charge in [-0.2, -0.15) is 5.26 Å². The lowest BCUT2D eigenvalue weighted by atomic mass is 9.99. The minimum absolute atomic E-state index is 0.0883. The molecule has 2 aromatic rings. The second-order valence-corrected chi connectivity index (χ2v) is 4.37. The molecule has 0 aromatic heterocycles. The van der Waals surface area contributed by atoms with Crippen LogP contribution in [0.3, 0.4) is 0 Å². The summed E-state index contributed by atoms with van der Waals surface area (Å²) in [5.41, 5.74) is 0.976. The molecule has 102 valence electrons. The molecular formula is C15H11F2NO2. The average Bonchev–Trinajstić information content (AvgIpc) is 2.41. The summed E-state index contributed by atoms with van der Waals surface area (Å²) in [6.45, 7) is 1.89. The first-order chi connectivity index (χ1) is 9.56. The molecule has 0 fully saturated rings. The molecular weight excluding hydrogens is 264 g/mol. The van der Waals surface area contributed by atoms with E-state index in [0.29, 0.717) is 5.56 Å². The first-order valence-electron chi connectivity index (χ1n) is 5.82. The van der Waals surface area contributed by atoms with E-state index < -0.39 is 23.3 Å². The molecule has 1 N–H and O–H groups in total. The van der Waals surface area contributed by atoms with E-state index in [1.165, 1.54) is 6.07 Å². The van der Waals surface area contributed by atoms with Gasteiger partial charge in [0.25, 0.3) is 0 Å². The molecule has 3 nitrogen and oxygen atoms in total. The SMILES string of the molecule is Cc1ccc(C(OO)c2cc(F)c(C#N)c(F)c2)cc1. The first kappa shape index (κ1) is 14.1. The van der Waals surface area contributed by atoms with Crippen LogP contribution in [0.4, 0.5) is 8.78 Å². The number of halogens is 2. The maximum atomic E-state index is 13.6. The van der Waals surface area contributed by atoms with Crippen molar-refractivity contribution in [1.82, 2.24) is 0 Å². The smallest absolute Gasteiger partial charge is 0.144 e. The summed E-state index contributed by atoms with van der Waals surface area (Å²) in [5, 5.41) is 17.6. The van der Waals surface area contributed by atoms with Crippen LogP contribution < -0.4 is 0 Å². The van der Waals surface area contributed by atoms with Crippen LogP contribution in [0.15, 0.2) is 36.4 Å². The highest BCUT2D eigenvalue weighted by Gasteiger charge is 2.19. The molecule has 0 aliphatic carbocycles. The molecule has 2 rings (SSSR count). The van der Waals surface area contributed by atoms with Crippen LogP contribution in [-0.4, -0.2) is 5.26 Å². The summed E-state index contributed by atoms with van der Waals surface area (Å²) >= 11 is 0. The average molecular weight is 275 g/mol. The molecule has 0 heterocycles. The van der Waals surface area contributed by atoms with Crippen LogP contribution in [0.2, 0.25) is 0 Å². The third-order valence-corrected chi connectivity index (χ3v) is 2.96. The van der Waals surface area contributed by atoms with Crippen LogP contribution in [0, 0.1) is 29.9 Å². The number of rotatable bonds is 3. The zero-order valence-electron chi connectivity index (χ0n) is 10.6. The van der Waals surface area contributed by atoms with E-state index in [1.54, 1.807) is 24.3 Å². The van der Waals surface area contributed by atoms with Gasteiger partial charge in [0.2, 0.25) is 0 Å². The Morgan fingerprint density at radius 3 is 2.10 bits per heavy atom. The number of nitriles is 1. The van der Waals surface area contributed by atoms with Crippen molar-refractivity contribution >= 4 is 0 Å². The number of nitrogens with zero attached hydrogens (tertiary/aromatic N) is 1. The van der Waals surface area contributed by atoms with E-state index in [0.717, 1.165) is 17.7 Å². The highest BCUT2D eigenvalue weighted by atomic mass is 19.1. The van der Waals surface area contributed by atoms with Crippen molar-refractivity contribution in [1.29, 1.82) is 5.26 Å². The lowest BCUT2D eigenvalue weighted by Gasteiger charge is -2.15. The number of hydrogen-bond donors (Lipinski definition) is 1. The Morgan fingerprint density at radius 2 is 1.65 bits per heavy atom. The second kappa shape index (κ2) is 5.78. The summed E-state index contributed by atoms with van der Waals surface area (Å²) in [5.74, 6) is -1.98. The summed E-state index contributed by atoms with van der Waals surface area (Å²) in [7, 11) is 0. The maximum Gasteiger partial charge on any atom is 0.144 e. The van der Waals surface area contributed by atoms with Crippen molar-refractivity contribution in [3.05, 3.63) is 70.3 Å². The quantitative estimate of drug-likeness (QED) is 0.686. The van der Waals surface area contributed by atoms with Crippen LogP contribution in [0.25, 0.3) is 0 Å². The standard InChI is InChI=1S/C15H11F2NO2/c1-9-2-4-10(5-3-9)15(20-19)11-6-13(16)12(8-18)14(17)7-11/h2-7,15,19H,1H3. The summed E-state index contributed by atoms with van der Waals surface area (Å²) in [6.07, 6.45) is -1.02. The Balaban J connectivity index is 2.48. The number of benzene rings is 2. The van der Waals surface area contributed by atoms with E-state index in [-0.39, 0.29) is 5.56 Å². The van der Waals surface area contributed by atoms with Crippen molar-refractivity contribution in [2.75, 3.05) is 0 Å². The second-order valence-electron chi connectivity index (χ2n) is 4.37. The highest BCUT2D eigenvalue weighted by molar-refractivity contribution is 5.39. The Morgan fingerprint density at radius 1 is 1.10 bits per heavy atom. The van der Waals surface area contributed by atoms with Gasteiger partial charge >= 0.3 is 0 Å². The number of hydrogen-bond acceptors (Lipinski definition) is 3. The van der Waals surface area contributed by atoms with Gasteiger partial charge in [-0.25, -0.2) is 13.7 Å². The van der Waals surface area contributed by atoms with E-state index in [4.69, 9.17) is 10.5 Å². The lowest BCUT2D eigenvalue weighted by molar-refractivity contribution is -0.270. The molecule has 0 aliphatic heterocycles. The van der Waals surface area contributed by atoms with E-state index in [1.807, 2.05) is 6.92 Å². The van der Waals surface area contributed by atoms with Gasteiger partial charge in [-0.3, -0.25) is 5.26 Å². The van der Waals surface area contributed by atoms with Gasteiger partial charge in [0.05, 0.1) is 0 Å². The zero-order valence-corrected chi connectivity index (χ0v) is 10.6. The van der Waals surface area contributed by atoms with Gasteiger partial charge in [0.15, 0.2) is 0 Å². The monoisotopic (exact) mass is 275 g/mol. The Labute approximate surface area is 114 Å². The van der Waals surface area contributed by atoms with Gasteiger partial charge in [0.1, 0.15) is 29.4 Å². The molecule has 0 spiro atoms. The highest BCUT2D eigenvalue weighted by Crippen LogP contribution is 2.28. The third-order valence-electron chi connectivity index (χ3n) is 2.96. The molecule has 2 aromatic carbocycles. The predicted molar refractivity (Wildman–Crippen MR) is 67.8 cm³/mol.